The van der Waals surface area contributed by atoms with Gasteiger partial charge < -0.3 is 9.47 Å². The molecule has 3 aromatic rings. The van der Waals surface area contributed by atoms with Gasteiger partial charge in [0.2, 0.25) is 5.91 Å². The first-order valence-corrected chi connectivity index (χ1v) is 13.8. The Bertz CT molecular complexity index is 1210. The van der Waals surface area contributed by atoms with Crippen molar-refractivity contribution < 1.29 is 4.79 Å². The van der Waals surface area contributed by atoms with E-state index in [9.17, 15) is 4.79 Å². The number of nitrogens with zero attached hydrogens (tertiary/aromatic N) is 6. The van der Waals surface area contributed by atoms with Crippen molar-refractivity contribution in [2.75, 3.05) is 39.8 Å². The zero-order chi connectivity index (χ0) is 25.4. The Morgan fingerprint density at radius 2 is 1.84 bits per heavy atom. The highest BCUT2D eigenvalue weighted by Crippen LogP contribution is 2.36. The minimum Gasteiger partial charge on any atom is -0.341 e. The summed E-state index contributed by atoms with van der Waals surface area (Å²) in [6.45, 7) is 7.18. The van der Waals surface area contributed by atoms with Gasteiger partial charge in [0.05, 0.1) is 23.8 Å². The van der Waals surface area contributed by atoms with Gasteiger partial charge in [-0.2, -0.15) is 0 Å². The molecule has 7 nitrogen and oxygen atoms in total. The molecule has 2 aromatic heterocycles. The molecule has 194 valence electrons. The molecule has 37 heavy (non-hydrogen) atoms. The molecule has 0 bridgehead atoms. The number of likely N-dealkylation sites (N-methyl/N-ethyl adjacent to an activating group) is 1. The topological polar surface area (TPSA) is 57.5 Å². The van der Waals surface area contributed by atoms with Crippen LogP contribution in [0.1, 0.15) is 47.0 Å². The van der Waals surface area contributed by atoms with E-state index in [1.807, 2.05) is 19.4 Å². The van der Waals surface area contributed by atoms with Crippen molar-refractivity contribution in [3.8, 4) is 0 Å². The molecule has 1 aliphatic carbocycles. The van der Waals surface area contributed by atoms with Crippen molar-refractivity contribution in [2.45, 2.75) is 51.2 Å². The minimum absolute atomic E-state index is 0.0949. The number of imidazole rings is 1. The molecular weight excluding hydrogens is 460 g/mol. The number of likely N-dealkylation sites (tertiary alicyclic amines) is 1. The molecule has 2 fully saturated rings. The Morgan fingerprint density at radius 1 is 1.00 bits per heavy atom. The van der Waals surface area contributed by atoms with E-state index < -0.39 is 0 Å². The Balaban J connectivity index is 1.23. The van der Waals surface area contributed by atoms with Gasteiger partial charge in [-0.15, -0.1) is 0 Å². The average molecular weight is 499 g/mol. The van der Waals surface area contributed by atoms with E-state index in [1.165, 1.54) is 16.7 Å². The number of pyridine rings is 1. The zero-order valence-electron chi connectivity index (χ0n) is 22.1. The van der Waals surface area contributed by atoms with E-state index in [2.05, 4.69) is 73.9 Å². The SMILES string of the molecule is Cc1cn(C[C@@H]2CCCN(C(=O)[C@H]3CN([C@H]4c5ccccc5CCc5cccnc54)CCN3C)C2)cn1. The molecule has 3 atom stereocenters. The summed E-state index contributed by atoms with van der Waals surface area (Å²) in [7, 11) is 2.11. The maximum Gasteiger partial charge on any atom is 0.241 e. The molecule has 2 saturated heterocycles. The molecule has 0 spiro atoms. The standard InChI is InChI=1S/C30H38N6O/c1-22-17-34(21-32-22)18-23-7-6-14-36(19-23)30(37)27-20-35(16-15-33(27)2)29-26-10-4-3-8-24(26)11-12-25-9-5-13-31-28(25)29/h3-5,8-10,13,17,21,23,27,29H,6-7,11-12,14-16,18-20H2,1-2H3/t23-,27+,29-/m0/s1. The molecule has 6 rings (SSSR count). The molecule has 1 amide bonds. The fourth-order valence-electron chi connectivity index (χ4n) is 6.61. The smallest absolute Gasteiger partial charge is 0.241 e. The van der Waals surface area contributed by atoms with Crippen LogP contribution in [0.25, 0.3) is 0 Å². The molecule has 0 unspecified atom stereocenters. The predicted octanol–water partition coefficient (Wildman–Crippen LogP) is 3.33. The quantitative estimate of drug-likeness (QED) is 0.552. The van der Waals surface area contributed by atoms with Crippen LogP contribution in [0.5, 0.6) is 0 Å². The van der Waals surface area contributed by atoms with Crippen molar-refractivity contribution in [2.24, 2.45) is 5.92 Å². The molecule has 0 radical (unpaired) electrons. The number of rotatable bonds is 4. The third-order valence-corrected chi connectivity index (χ3v) is 8.59. The maximum atomic E-state index is 14.0. The van der Waals surface area contributed by atoms with Crippen LogP contribution in [0.15, 0.2) is 55.1 Å². The largest absolute Gasteiger partial charge is 0.341 e. The number of amides is 1. The van der Waals surface area contributed by atoms with E-state index in [0.717, 1.165) is 76.3 Å². The summed E-state index contributed by atoms with van der Waals surface area (Å²) < 4.78 is 2.18. The van der Waals surface area contributed by atoms with Crippen LogP contribution >= 0.6 is 0 Å². The third kappa shape index (κ3) is 4.94. The fourth-order valence-corrected chi connectivity index (χ4v) is 6.61. The summed E-state index contributed by atoms with van der Waals surface area (Å²) in [5.74, 6) is 0.753. The second-order valence-corrected chi connectivity index (χ2v) is 11.1. The third-order valence-electron chi connectivity index (χ3n) is 8.59. The predicted molar refractivity (Wildman–Crippen MR) is 144 cm³/mol. The van der Waals surface area contributed by atoms with E-state index in [4.69, 9.17) is 4.98 Å². The lowest BCUT2D eigenvalue weighted by atomic mass is 9.94. The summed E-state index contributed by atoms with van der Waals surface area (Å²) >= 11 is 0. The number of piperidine rings is 1. The van der Waals surface area contributed by atoms with Crippen molar-refractivity contribution in [3.63, 3.8) is 0 Å². The van der Waals surface area contributed by atoms with Crippen LogP contribution in [-0.4, -0.2) is 81.0 Å². The number of aryl methyl sites for hydroxylation is 3. The Kier molecular flexibility index (Phi) is 6.82. The number of hydrogen-bond donors (Lipinski definition) is 0. The first-order chi connectivity index (χ1) is 18.1. The van der Waals surface area contributed by atoms with Gasteiger partial charge in [0.15, 0.2) is 0 Å². The summed E-state index contributed by atoms with van der Waals surface area (Å²) in [4.78, 5) is 30.2. The van der Waals surface area contributed by atoms with Gasteiger partial charge in [-0.05, 0) is 68.3 Å². The lowest BCUT2D eigenvalue weighted by molar-refractivity contribution is -0.141. The number of hydrogen-bond acceptors (Lipinski definition) is 5. The fraction of sp³-hybridized carbons (Fsp3) is 0.500. The molecule has 4 heterocycles. The van der Waals surface area contributed by atoms with Crippen LogP contribution in [0.4, 0.5) is 0 Å². The van der Waals surface area contributed by atoms with Gasteiger partial charge in [0, 0.05) is 51.7 Å². The number of carbonyl (C=O) groups is 1. The second-order valence-electron chi connectivity index (χ2n) is 11.1. The van der Waals surface area contributed by atoms with E-state index in [1.54, 1.807) is 0 Å². The molecule has 0 saturated carbocycles. The van der Waals surface area contributed by atoms with Crippen molar-refractivity contribution in [1.82, 2.24) is 29.2 Å². The Hall–Kier alpha value is -3.03. The van der Waals surface area contributed by atoms with Crippen molar-refractivity contribution in [3.05, 3.63) is 83.2 Å². The van der Waals surface area contributed by atoms with Gasteiger partial charge in [0.25, 0.3) is 0 Å². The highest BCUT2D eigenvalue weighted by molar-refractivity contribution is 5.82. The van der Waals surface area contributed by atoms with Gasteiger partial charge in [0.1, 0.15) is 6.04 Å². The summed E-state index contributed by atoms with van der Waals surface area (Å²) in [5, 5.41) is 0. The summed E-state index contributed by atoms with van der Waals surface area (Å²) in [6, 6.07) is 13.1. The first kappa shape index (κ1) is 24.3. The number of carbonyl (C=O) groups excluding carboxylic acids is 1. The number of aromatic nitrogens is 3. The van der Waals surface area contributed by atoms with Gasteiger partial charge >= 0.3 is 0 Å². The van der Waals surface area contributed by atoms with Crippen molar-refractivity contribution in [1.29, 1.82) is 0 Å². The second kappa shape index (κ2) is 10.4. The molecule has 2 aliphatic heterocycles. The highest BCUT2D eigenvalue weighted by Gasteiger charge is 2.39. The van der Waals surface area contributed by atoms with Gasteiger partial charge in [-0.25, -0.2) is 4.98 Å². The van der Waals surface area contributed by atoms with Crippen LogP contribution in [0, 0.1) is 12.8 Å². The molecule has 1 aromatic carbocycles. The normalized spacial score (nSPS) is 24.8. The number of benzene rings is 1. The van der Waals surface area contributed by atoms with E-state index >= 15 is 0 Å². The number of fused-ring (bicyclic) bond motifs is 2. The van der Waals surface area contributed by atoms with Gasteiger partial charge in [-0.1, -0.05) is 30.3 Å². The molecule has 3 aliphatic rings. The monoisotopic (exact) mass is 498 g/mol. The highest BCUT2D eigenvalue weighted by atomic mass is 16.2. The van der Waals surface area contributed by atoms with Crippen molar-refractivity contribution >= 4 is 5.91 Å². The zero-order valence-corrected chi connectivity index (χ0v) is 22.1. The molecule has 0 N–H and O–H groups in total. The van der Waals surface area contributed by atoms with Crippen LogP contribution < -0.4 is 0 Å². The van der Waals surface area contributed by atoms with Crippen LogP contribution in [-0.2, 0) is 24.2 Å². The average Bonchev–Trinajstić information content (AvgIpc) is 3.25. The summed E-state index contributed by atoms with van der Waals surface area (Å²) in [5.41, 5.74) is 6.30. The lowest BCUT2D eigenvalue weighted by Crippen LogP contribution is -2.60. The first-order valence-electron chi connectivity index (χ1n) is 13.8. The van der Waals surface area contributed by atoms with E-state index in [0.29, 0.717) is 5.92 Å². The maximum absolute atomic E-state index is 14.0. The number of piperazine rings is 1. The summed E-state index contributed by atoms with van der Waals surface area (Å²) in [6.07, 6.45) is 10.2. The van der Waals surface area contributed by atoms with Crippen LogP contribution in [0.2, 0.25) is 0 Å². The molecule has 7 heteroatoms. The lowest BCUT2D eigenvalue weighted by Gasteiger charge is -2.45. The molecular formula is C30H38N6O. The van der Waals surface area contributed by atoms with Crippen LogP contribution in [0.3, 0.4) is 0 Å². The Labute approximate surface area is 220 Å². The minimum atomic E-state index is -0.134. The van der Waals surface area contributed by atoms with Gasteiger partial charge in [-0.3, -0.25) is 19.6 Å². The van der Waals surface area contributed by atoms with E-state index in [-0.39, 0.29) is 18.0 Å². The Morgan fingerprint density at radius 3 is 2.70 bits per heavy atom.